The molecule has 1 fully saturated rings. The molecule has 3 unspecified atom stereocenters. The predicted octanol–water partition coefficient (Wildman–Crippen LogP) is 3.73. The highest BCUT2D eigenvalue weighted by Gasteiger charge is 2.36. The van der Waals surface area contributed by atoms with Crippen LogP contribution >= 0.6 is 0 Å². The first-order valence-electron chi connectivity index (χ1n) is 13.3. The summed E-state index contributed by atoms with van der Waals surface area (Å²) in [7, 11) is 1.75. The van der Waals surface area contributed by atoms with Gasteiger partial charge in [0.25, 0.3) is 0 Å². The maximum atomic E-state index is 13.7. The second-order valence-electron chi connectivity index (χ2n) is 10.9. The molecule has 1 saturated heterocycles. The highest BCUT2D eigenvalue weighted by molar-refractivity contribution is 5.93. The van der Waals surface area contributed by atoms with Crippen molar-refractivity contribution in [2.24, 2.45) is 11.8 Å². The number of amides is 3. The van der Waals surface area contributed by atoms with Gasteiger partial charge in [-0.1, -0.05) is 40.2 Å². The van der Waals surface area contributed by atoms with Gasteiger partial charge in [-0.2, -0.15) is 0 Å². The van der Waals surface area contributed by atoms with Crippen LogP contribution in [-0.2, 0) is 20.9 Å². The number of piperidine rings is 1. The lowest BCUT2D eigenvalue weighted by Crippen LogP contribution is -2.58. The number of hydrogen-bond donors (Lipinski definition) is 2. The lowest BCUT2D eigenvalue weighted by atomic mass is 9.95. The molecule has 2 N–H and O–H groups in total. The van der Waals surface area contributed by atoms with Crippen LogP contribution in [0.3, 0.4) is 0 Å². The number of nitrogens with zero attached hydrogens (tertiary/aromatic N) is 2. The summed E-state index contributed by atoms with van der Waals surface area (Å²) in [6.07, 6.45) is 6.32. The molecule has 202 valence electrons. The summed E-state index contributed by atoms with van der Waals surface area (Å²) in [5.74, 6) is 0.239. The molecule has 3 atom stereocenters. The van der Waals surface area contributed by atoms with Gasteiger partial charge in [-0.05, 0) is 64.1 Å². The molecule has 2 rings (SSSR count). The van der Waals surface area contributed by atoms with E-state index >= 15 is 0 Å². The highest BCUT2D eigenvalue weighted by atomic mass is 16.3. The van der Waals surface area contributed by atoms with Gasteiger partial charge in [0.05, 0.1) is 24.9 Å². The van der Waals surface area contributed by atoms with Crippen LogP contribution in [0.2, 0.25) is 0 Å². The van der Waals surface area contributed by atoms with Gasteiger partial charge in [-0.25, -0.2) is 0 Å². The Morgan fingerprint density at radius 2 is 1.83 bits per heavy atom. The van der Waals surface area contributed by atoms with Crippen LogP contribution in [-0.4, -0.2) is 65.3 Å². The Morgan fingerprint density at radius 3 is 2.39 bits per heavy atom. The normalized spacial score (nSPS) is 18.9. The van der Waals surface area contributed by atoms with E-state index in [1.54, 1.807) is 37.3 Å². The summed E-state index contributed by atoms with van der Waals surface area (Å²) in [6.45, 7) is 15.1. The third-order valence-electron chi connectivity index (χ3n) is 7.00. The number of likely N-dealkylation sites (N-methyl/N-ethyl adjacent to an activating group) is 1. The fraction of sp³-hybridized carbons (Fsp3) is 0.679. The molecule has 3 amide bonds. The van der Waals surface area contributed by atoms with E-state index in [1.165, 1.54) is 0 Å². The van der Waals surface area contributed by atoms with E-state index in [2.05, 4.69) is 29.4 Å². The van der Waals surface area contributed by atoms with Gasteiger partial charge in [0.1, 0.15) is 11.8 Å². The Balaban J connectivity index is 2.13. The number of carbonyl (C=O) groups is 3. The summed E-state index contributed by atoms with van der Waals surface area (Å²) in [4.78, 5) is 43.5. The zero-order chi connectivity index (χ0) is 27.0. The van der Waals surface area contributed by atoms with Crippen molar-refractivity contribution in [1.29, 1.82) is 0 Å². The first-order chi connectivity index (χ1) is 16.9. The Labute approximate surface area is 216 Å². The molecule has 8 heteroatoms. The molecule has 0 radical (unpaired) electrons. The topological polar surface area (TPSA) is 94.9 Å². The van der Waals surface area contributed by atoms with Crippen LogP contribution < -0.4 is 10.6 Å². The first kappa shape index (κ1) is 29.6. The third-order valence-corrected chi connectivity index (χ3v) is 7.00. The number of rotatable bonds is 11. The highest BCUT2D eigenvalue weighted by Crippen LogP contribution is 2.21. The van der Waals surface area contributed by atoms with Crippen molar-refractivity contribution in [1.82, 2.24) is 20.4 Å². The van der Waals surface area contributed by atoms with Crippen LogP contribution in [0.25, 0.3) is 0 Å². The minimum Gasteiger partial charge on any atom is -0.467 e. The predicted molar refractivity (Wildman–Crippen MR) is 142 cm³/mol. The lowest BCUT2D eigenvalue weighted by molar-refractivity contribution is -0.140. The zero-order valence-electron chi connectivity index (χ0n) is 23.3. The van der Waals surface area contributed by atoms with E-state index in [-0.39, 0.29) is 47.7 Å². The molecule has 0 aromatic carbocycles. The van der Waals surface area contributed by atoms with Gasteiger partial charge in [0.2, 0.25) is 17.7 Å². The van der Waals surface area contributed by atoms with E-state index in [1.807, 2.05) is 33.8 Å². The van der Waals surface area contributed by atoms with Crippen LogP contribution in [0.5, 0.6) is 0 Å². The number of nitrogens with one attached hydrogen (secondary N) is 2. The van der Waals surface area contributed by atoms with E-state index in [0.717, 1.165) is 25.8 Å². The van der Waals surface area contributed by atoms with Crippen LogP contribution in [0.15, 0.2) is 34.5 Å². The van der Waals surface area contributed by atoms with Crippen LogP contribution in [0, 0.1) is 11.8 Å². The Bertz CT molecular complexity index is 891. The van der Waals surface area contributed by atoms with Crippen LogP contribution in [0.4, 0.5) is 0 Å². The molecule has 0 saturated carbocycles. The molecule has 1 aromatic rings. The van der Waals surface area contributed by atoms with Crippen LogP contribution in [0.1, 0.15) is 73.5 Å². The molecule has 1 aliphatic rings. The summed E-state index contributed by atoms with van der Waals surface area (Å²) in [6, 6.07) is 2.70. The maximum absolute atomic E-state index is 13.7. The lowest BCUT2D eigenvalue weighted by Gasteiger charge is -2.39. The molecular formula is C28H46N4O4. The maximum Gasteiger partial charge on any atom is 0.247 e. The van der Waals surface area contributed by atoms with Gasteiger partial charge in [0, 0.05) is 18.7 Å². The summed E-state index contributed by atoms with van der Waals surface area (Å²) in [5.41, 5.74) is 0.528. The molecule has 1 aliphatic heterocycles. The van der Waals surface area contributed by atoms with E-state index in [0.29, 0.717) is 17.9 Å². The molecule has 8 nitrogen and oxygen atoms in total. The Hall–Kier alpha value is -2.61. The smallest absolute Gasteiger partial charge is 0.247 e. The quantitative estimate of drug-likeness (QED) is 0.450. The molecule has 0 aliphatic carbocycles. The second kappa shape index (κ2) is 13.6. The van der Waals surface area contributed by atoms with Crippen molar-refractivity contribution in [3.05, 3.63) is 35.8 Å². The molecule has 2 heterocycles. The second-order valence-corrected chi connectivity index (χ2v) is 10.9. The Kier molecular flexibility index (Phi) is 11.2. The van der Waals surface area contributed by atoms with Crippen molar-refractivity contribution in [3.63, 3.8) is 0 Å². The summed E-state index contributed by atoms with van der Waals surface area (Å²) < 4.78 is 5.27. The summed E-state index contributed by atoms with van der Waals surface area (Å²) in [5, 5.41) is 5.92. The minimum atomic E-state index is -0.638. The summed E-state index contributed by atoms with van der Waals surface area (Å²) >= 11 is 0. The van der Waals surface area contributed by atoms with Crippen molar-refractivity contribution in [3.8, 4) is 0 Å². The van der Waals surface area contributed by atoms with E-state index in [9.17, 15) is 14.4 Å². The van der Waals surface area contributed by atoms with Crippen molar-refractivity contribution < 1.29 is 18.8 Å². The van der Waals surface area contributed by atoms with Gasteiger partial charge in [-0.15, -0.1) is 0 Å². The van der Waals surface area contributed by atoms with Gasteiger partial charge in [-0.3, -0.25) is 19.3 Å². The average Bonchev–Trinajstić information content (AvgIpc) is 3.36. The largest absolute Gasteiger partial charge is 0.467 e. The molecular weight excluding hydrogens is 456 g/mol. The minimum absolute atomic E-state index is 0.0741. The van der Waals surface area contributed by atoms with Crippen molar-refractivity contribution in [2.45, 2.75) is 98.4 Å². The Morgan fingerprint density at radius 1 is 1.14 bits per heavy atom. The van der Waals surface area contributed by atoms with Gasteiger partial charge in [0.15, 0.2) is 0 Å². The molecule has 1 aromatic heterocycles. The fourth-order valence-corrected chi connectivity index (χ4v) is 4.79. The fourth-order valence-electron chi connectivity index (χ4n) is 4.79. The van der Waals surface area contributed by atoms with E-state index < -0.39 is 6.04 Å². The van der Waals surface area contributed by atoms with Crippen molar-refractivity contribution in [2.75, 3.05) is 13.6 Å². The SMILES string of the molecule is C/C(=C\C(C(C)C)N(C)C(=O)C(NC(=O)C1CCCCN1C(C)C)C(C)C)C(=O)NCc1ccco1. The monoisotopic (exact) mass is 502 g/mol. The third kappa shape index (κ3) is 7.95. The average molecular weight is 503 g/mol. The number of likely N-dealkylation sites (tertiary alicyclic amines) is 1. The molecule has 0 bridgehead atoms. The zero-order valence-corrected chi connectivity index (χ0v) is 23.3. The van der Waals surface area contributed by atoms with Gasteiger partial charge >= 0.3 is 0 Å². The standard InChI is InChI=1S/C28H46N4O4/c1-18(2)24(16-21(7)26(33)29-17-22-12-11-15-36-22)31(8)28(35)25(19(3)4)30-27(34)23-13-9-10-14-32(23)20(5)6/h11-12,15-16,18-20,23-25H,9-10,13-14,17H2,1-8H3,(H,29,33)(H,30,34)/b21-16+. The first-order valence-corrected chi connectivity index (χ1v) is 13.3. The number of furan rings is 1. The molecule has 0 spiro atoms. The van der Waals surface area contributed by atoms with Crippen molar-refractivity contribution >= 4 is 17.7 Å². The number of hydrogen-bond acceptors (Lipinski definition) is 5. The molecule has 36 heavy (non-hydrogen) atoms. The van der Waals surface area contributed by atoms with E-state index in [4.69, 9.17) is 4.42 Å². The number of carbonyl (C=O) groups excluding carboxylic acids is 3. The van der Waals surface area contributed by atoms with Gasteiger partial charge < -0.3 is 20.0 Å².